The normalized spacial score (nSPS) is 23.6. The van der Waals surface area contributed by atoms with Gasteiger partial charge in [-0.1, -0.05) is 26.2 Å². The second kappa shape index (κ2) is 11.3. The average molecular weight is 491 g/mol. The monoisotopic (exact) mass is 491 g/mol. The van der Waals surface area contributed by atoms with Crippen LogP contribution in [0.5, 0.6) is 0 Å². The highest BCUT2D eigenvalue weighted by atomic mass is 127. The van der Waals surface area contributed by atoms with E-state index in [4.69, 9.17) is 4.98 Å². The molecule has 1 aliphatic heterocycles. The summed E-state index contributed by atoms with van der Waals surface area (Å²) in [5.74, 6) is 1.82. The van der Waals surface area contributed by atoms with Gasteiger partial charge >= 0.3 is 0 Å². The van der Waals surface area contributed by atoms with E-state index in [9.17, 15) is 0 Å². The number of nitrogens with one attached hydrogen (secondary N) is 2. The van der Waals surface area contributed by atoms with Gasteiger partial charge in [0.25, 0.3) is 0 Å². The molecule has 1 aromatic heterocycles. The zero-order valence-electron chi connectivity index (χ0n) is 16.2. The van der Waals surface area contributed by atoms with Gasteiger partial charge in [0.2, 0.25) is 0 Å². The first-order valence-corrected chi connectivity index (χ1v) is 10.8. The third-order valence-electron chi connectivity index (χ3n) is 5.51. The first-order chi connectivity index (χ1) is 12.3. The van der Waals surface area contributed by atoms with Crippen LogP contribution in [0.15, 0.2) is 10.4 Å². The lowest BCUT2D eigenvalue weighted by molar-refractivity contribution is 0.298. The molecule has 2 atom stereocenters. The number of thiazole rings is 1. The standard InChI is InChI=1S/C19H33N5S.HI/c1-3-15-7-6-8-16(13-15)22-18(20-2)21-10-9-17-14-25-19(23-17)24-11-4-5-12-24;/h14-16H,3-13H2,1-2H3,(H2,20,21,22);1H. The molecule has 2 N–H and O–H groups in total. The number of rotatable bonds is 6. The number of aliphatic imine (C=N–C) groups is 1. The van der Waals surface area contributed by atoms with Crippen LogP contribution >= 0.6 is 35.3 Å². The molecule has 148 valence electrons. The fraction of sp³-hybridized carbons (Fsp3) is 0.789. The highest BCUT2D eigenvalue weighted by molar-refractivity contribution is 14.0. The van der Waals surface area contributed by atoms with Crippen LogP contribution < -0.4 is 15.5 Å². The molecule has 1 aliphatic carbocycles. The molecule has 0 amide bonds. The molecule has 0 radical (unpaired) electrons. The van der Waals surface area contributed by atoms with Gasteiger partial charge in [-0.25, -0.2) is 4.98 Å². The number of halogens is 1. The summed E-state index contributed by atoms with van der Waals surface area (Å²) in [5, 5.41) is 10.5. The molecule has 1 aromatic rings. The summed E-state index contributed by atoms with van der Waals surface area (Å²) in [7, 11) is 1.86. The van der Waals surface area contributed by atoms with Crippen molar-refractivity contribution in [3.63, 3.8) is 0 Å². The van der Waals surface area contributed by atoms with Crippen molar-refractivity contribution in [1.82, 2.24) is 15.6 Å². The molecule has 2 fully saturated rings. The summed E-state index contributed by atoms with van der Waals surface area (Å²) in [4.78, 5) is 11.6. The quantitative estimate of drug-likeness (QED) is 0.359. The van der Waals surface area contributed by atoms with Crippen LogP contribution in [0.3, 0.4) is 0 Å². The molecule has 0 spiro atoms. The largest absolute Gasteiger partial charge is 0.356 e. The van der Waals surface area contributed by atoms with Crippen LogP contribution in [0.4, 0.5) is 5.13 Å². The zero-order chi connectivity index (χ0) is 17.5. The number of hydrogen-bond acceptors (Lipinski definition) is 4. The molecule has 1 saturated heterocycles. The Kier molecular flexibility index (Phi) is 9.45. The van der Waals surface area contributed by atoms with Crippen LogP contribution in [0, 0.1) is 5.92 Å². The van der Waals surface area contributed by atoms with E-state index in [1.165, 1.54) is 68.9 Å². The van der Waals surface area contributed by atoms with E-state index in [0.717, 1.165) is 24.8 Å². The molecule has 2 aliphatic rings. The molecule has 26 heavy (non-hydrogen) atoms. The summed E-state index contributed by atoms with van der Waals surface area (Å²) in [5.41, 5.74) is 1.19. The number of nitrogens with zero attached hydrogens (tertiary/aromatic N) is 3. The van der Waals surface area contributed by atoms with Gasteiger partial charge in [-0.2, -0.15) is 0 Å². The highest BCUT2D eigenvalue weighted by Gasteiger charge is 2.21. The van der Waals surface area contributed by atoms with E-state index in [1.54, 1.807) is 11.3 Å². The molecule has 7 heteroatoms. The summed E-state index contributed by atoms with van der Waals surface area (Å²) >= 11 is 1.78. The van der Waals surface area contributed by atoms with Gasteiger partial charge in [0.15, 0.2) is 11.1 Å². The maximum Gasteiger partial charge on any atom is 0.191 e. The third kappa shape index (κ3) is 6.25. The van der Waals surface area contributed by atoms with Crippen LogP contribution in [0.1, 0.15) is 57.6 Å². The van der Waals surface area contributed by atoms with E-state index in [1.807, 2.05) is 7.05 Å². The van der Waals surface area contributed by atoms with E-state index in [2.05, 4.69) is 32.8 Å². The lowest BCUT2D eigenvalue weighted by Crippen LogP contribution is -2.45. The van der Waals surface area contributed by atoms with Gasteiger partial charge in [0.05, 0.1) is 5.69 Å². The van der Waals surface area contributed by atoms with Crippen molar-refractivity contribution in [2.45, 2.75) is 64.3 Å². The second-order valence-corrected chi connectivity index (χ2v) is 8.18. The Morgan fingerprint density at radius 3 is 2.85 bits per heavy atom. The van der Waals surface area contributed by atoms with Gasteiger partial charge in [0, 0.05) is 44.5 Å². The Labute approximate surface area is 179 Å². The zero-order valence-corrected chi connectivity index (χ0v) is 19.3. The van der Waals surface area contributed by atoms with Crippen LogP contribution in [-0.2, 0) is 6.42 Å². The van der Waals surface area contributed by atoms with Crippen LogP contribution in [0.25, 0.3) is 0 Å². The minimum atomic E-state index is 0. The molecule has 5 nitrogen and oxygen atoms in total. The lowest BCUT2D eigenvalue weighted by Gasteiger charge is -2.30. The van der Waals surface area contributed by atoms with Crippen molar-refractivity contribution in [3.05, 3.63) is 11.1 Å². The number of anilines is 1. The molecule has 2 unspecified atom stereocenters. The predicted molar refractivity (Wildman–Crippen MR) is 123 cm³/mol. The number of hydrogen-bond donors (Lipinski definition) is 2. The molecule has 2 heterocycles. The fourth-order valence-corrected chi connectivity index (χ4v) is 4.87. The smallest absolute Gasteiger partial charge is 0.191 e. The summed E-state index contributed by atoms with van der Waals surface area (Å²) in [6.07, 6.45) is 10.1. The van der Waals surface area contributed by atoms with Gasteiger partial charge in [0.1, 0.15) is 0 Å². The Balaban J connectivity index is 0.00000243. The second-order valence-electron chi connectivity index (χ2n) is 7.35. The minimum absolute atomic E-state index is 0. The Morgan fingerprint density at radius 1 is 1.31 bits per heavy atom. The van der Waals surface area contributed by atoms with Gasteiger partial charge in [-0.3, -0.25) is 4.99 Å². The van der Waals surface area contributed by atoms with Crippen molar-refractivity contribution in [2.24, 2.45) is 10.9 Å². The first-order valence-electron chi connectivity index (χ1n) is 9.95. The van der Waals surface area contributed by atoms with Crippen LogP contribution in [-0.4, -0.2) is 43.7 Å². The molecule has 1 saturated carbocycles. The number of aromatic nitrogens is 1. The van der Waals surface area contributed by atoms with Crippen LogP contribution in [0.2, 0.25) is 0 Å². The minimum Gasteiger partial charge on any atom is -0.356 e. The van der Waals surface area contributed by atoms with Gasteiger partial charge in [-0.05, 0) is 31.6 Å². The Hall–Kier alpha value is -0.570. The molecular formula is C19H34IN5S. The maximum atomic E-state index is 4.80. The first kappa shape index (κ1) is 21.7. The van der Waals surface area contributed by atoms with Crippen molar-refractivity contribution < 1.29 is 0 Å². The van der Waals surface area contributed by atoms with Crippen molar-refractivity contribution in [2.75, 3.05) is 31.6 Å². The average Bonchev–Trinajstić information content (AvgIpc) is 3.32. The highest BCUT2D eigenvalue weighted by Crippen LogP contribution is 2.26. The molecule has 3 rings (SSSR count). The van der Waals surface area contributed by atoms with E-state index in [0.29, 0.717) is 6.04 Å². The van der Waals surface area contributed by atoms with E-state index < -0.39 is 0 Å². The summed E-state index contributed by atoms with van der Waals surface area (Å²) < 4.78 is 0. The Morgan fingerprint density at radius 2 is 2.12 bits per heavy atom. The maximum absolute atomic E-state index is 4.80. The third-order valence-corrected chi connectivity index (χ3v) is 6.46. The topological polar surface area (TPSA) is 52.6 Å². The van der Waals surface area contributed by atoms with E-state index >= 15 is 0 Å². The SMILES string of the molecule is CCC1CCCC(NC(=NC)NCCc2csc(N3CCCC3)n2)C1.I. The molecule has 0 bridgehead atoms. The van der Waals surface area contributed by atoms with Crippen molar-refractivity contribution in [3.8, 4) is 0 Å². The summed E-state index contributed by atoms with van der Waals surface area (Å²) in [6.45, 7) is 5.53. The lowest BCUT2D eigenvalue weighted by atomic mass is 9.84. The summed E-state index contributed by atoms with van der Waals surface area (Å²) in [6, 6.07) is 0.575. The fourth-order valence-electron chi connectivity index (χ4n) is 3.95. The predicted octanol–water partition coefficient (Wildman–Crippen LogP) is 4.04. The molecular weight excluding hydrogens is 457 g/mol. The van der Waals surface area contributed by atoms with Crippen molar-refractivity contribution >= 4 is 46.4 Å². The van der Waals surface area contributed by atoms with Gasteiger partial charge in [-0.15, -0.1) is 35.3 Å². The number of guanidine groups is 1. The Bertz CT molecular complexity index is 556. The van der Waals surface area contributed by atoms with Crippen molar-refractivity contribution in [1.29, 1.82) is 0 Å². The van der Waals surface area contributed by atoms with E-state index in [-0.39, 0.29) is 24.0 Å². The van der Waals surface area contributed by atoms with Gasteiger partial charge < -0.3 is 15.5 Å². The molecule has 0 aromatic carbocycles.